The zero-order valence-electron chi connectivity index (χ0n) is 35.2. The van der Waals surface area contributed by atoms with Crippen molar-refractivity contribution < 1.29 is 51.6 Å². The molecule has 2 atom stereocenters. The van der Waals surface area contributed by atoms with E-state index < -0.39 is 32.5 Å². The summed E-state index contributed by atoms with van der Waals surface area (Å²) < 4.78 is 39.0. The lowest BCUT2D eigenvalue weighted by atomic mass is 9.98. The molecule has 0 bridgehead atoms. The quantitative estimate of drug-likeness (QED) is 0.0332. The molecule has 2 aromatic carbocycles. The van der Waals surface area contributed by atoms with E-state index in [4.69, 9.17) is 23.3 Å². The van der Waals surface area contributed by atoms with Gasteiger partial charge in [-0.05, 0) is 47.4 Å². The van der Waals surface area contributed by atoms with Gasteiger partial charge in [-0.15, -0.1) is 0 Å². The molecular weight excluding hydrogens is 735 g/mol. The normalized spacial score (nSPS) is 13.3. The van der Waals surface area contributed by atoms with E-state index in [0.717, 1.165) is 46.9 Å². The Morgan fingerprint density at radius 2 is 1.39 bits per heavy atom. The molecule has 0 saturated carbocycles. The molecule has 1 unspecified atom stereocenters. The highest BCUT2D eigenvalue weighted by Crippen LogP contribution is 2.38. The molecule has 0 aliphatic heterocycles. The van der Waals surface area contributed by atoms with E-state index in [0.29, 0.717) is 17.4 Å². The number of carbonyl (C=O) groups is 3. The first kappa shape index (κ1) is 49.1. The lowest BCUT2D eigenvalue weighted by molar-refractivity contribution is -0.870. The number of methoxy groups -OCH3 is 1. The number of amides is 1. The Labute approximate surface area is 336 Å². The van der Waals surface area contributed by atoms with E-state index in [1.165, 1.54) is 70.6 Å². The molecule has 12 nitrogen and oxygen atoms in total. The predicted octanol–water partition coefficient (Wildman–Crippen LogP) is 8.13. The van der Waals surface area contributed by atoms with E-state index in [-0.39, 0.29) is 44.9 Å². The number of nitrogens with zero attached hydrogens (tertiary/aromatic N) is 1. The van der Waals surface area contributed by atoms with Crippen LogP contribution in [0.2, 0.25) is 0 Å². The van der Waals surface area contributed by atoms with Crippen LogP contribution in [0.1, 0.15) is 127 Å². The molecule has 0 fully saturated rings. The molecule has 1 N–H and O–H groups in total. The van der Waals surface area contributed by atoms with Gasteiger partial charge < -0.3 is 38.0 Å². The van der Waals surface area contributed by atoms with Crippen LogP contribution < -0.4 is 14.9 Å². The topological polar surface area (TPSA) is 150 Å². The van der Waals surface area contributed by atoms with Crippen LogP contribution in [-0.2, 0) is 43.9 Å². The molecule has 0 heterocycles. The van der Waals surface area contributed by atoms with Gasteiger partial charge in [0, 0.05) is 13.0 Å². The minimum Gasteiger partial charge on any atom is -0.756 e. The Kier molecular flexibility index (Phi) is 24.2. The highest BCUT2D eigenvalue weighted by molar-refractivity contribution is 7.45. The van der Waals surface area contributed by atoms with Crippen molar-refractivity contribution in [1.29, 1.82) is 0 Å². The minimum atomic E-state index is -4.72. The number of aryl methyl sites for hydroxylation is 1. The van der Waals surface area contributed by atoms with Crippen molar-refractivity contribution in [3.05, 3.63) is 41.5 Å². The predicted molar refractivity (Wildman–Crippen MR) is 219 cm³/mol. The van der Waals surface area contributed by atoms with Gasteiger partial charge in [0.25, 0.3) is 7.82 Å². The summed E-state index contributed by atoms with van der Waals surface area (Å²) in [5, 5.41) is 4.76. The Balaban J connectivity index is 1.75. The minimum absolute atomic E-state index is 0.00225. The van der Waals surface area contributed by atoms with Crippen LogP contribution in [0.3, 0.4) is 0 Å². The molecule has 1 amide bonds. The van der Waals surface area contributed by atoms with Crippen LogP contribution in [0.15, 0.2) is 30.3 Å². The molecule has 56 heavy (non-hydrogen) atoms. The average molecular weight is 807 g/mol. The number of phosphoric ester groups is 1. The van der Waals surface area contributed by atoms with Crippen LogP contribution in [0.25, 0.3) is 10.8 Å². The van der Waals surface area contributed by atoms with Crippen LogP contribution in [0.5, 0.6) is 5.75 Å². The fourth-order valence-corrected chi connectivity index (χ4v) is 6.99. The molecule has 0 aliphatic rings. The molecule has 0 spiro atoms. The van der Waals surface area contributed by atoms with Gasteiger partial charge in [-0.1, -0.05) is 115 Å². The van der Waals surface area contributed by atoms with Crippen molar-refractivity contribution in [2.75, 3.05) is 61.2 Å². The number of esters is 2. The Morgan fingerprint density at radius 1 is 0.786 bits per heavy atom. The summed E-state index contributed by atoms with van der Waals surface area (Å²) in [5.74, 6) is -0.678. The van der Waals surface area contributed by atoms with Gasteiger partial charge in [-0.3, -0.25) is 18.9 Å². The number of quaternary nitrogens is 1. The Hall–Kier alpha value is -3.02. The monoisotopic (exact) mass is 806 g/mol. The number of hydrogen-bond donors (Lipinski definition) is 1. The summed E-state index contributed by atoms with van der Waals surface area (Å²) in [6, 6.07) is 9.62. The fourth-order valence-electron chi connectivity index (χ4n) is 6.26. The molecule has 318 valence electrons. The highest BCUT2D eigenvalue weighted by atomic mass is 31.2. The lowest BCUT2D eigenvalue weighted by Crippen LogP contribution is -2.37. The van der Waals surface area contributed by atoms with Crippen molar-refractivity contribution in [2.24, 2.45) is 0 Å². The number of carbonyl (C=O) groups excluding carboxylic acids is 3. The maximum Gasteiger partial charge on any atom is 0.308 e. The molecular formula is C43H71N2O10P. The number of likely N-dealkylation sites (N-methyl/N-ethyl adjacent to an activating group) is 1. The number of benzene rings is 2. The largest absolute Gasteiger partial charge is 0.756 e. The third-order valence-corrected chi connectivity index (χ3v) is 10.7. The summed E-state index contributed by atoms with van der Waals surface area (Å²) in [4.78, 5) is 50.5. The summed E-state index contributed by atoms with van der Waals surface area (Å²) in [5.41, 5.74) is 1.84. The molecule has 0 saturated heterocycles. The van der Waals surface area contributed by atoms with Crippen LogP contribution >= 0.6 is 7.82 Å². The van der Waals surface area contributed by atoms with Gasteiger partial charge >= 0.3 is 11.9 Å². The first-order valence-corrected chi connectivity index (χ1v) is 22.3. The molecule has 2 rings (SSSR count). The second-order valence-electron chi connectivity index (χ2n) is 15.8. The number of unbranched alkanes of at least 4 members (excludes halogenated alkanes) is 14. The van der Waals surface area contributed by atoms with E-state index in [1.54, 1.807) is 7.11 Å². The zero-order chi connectivity index (χ0) is 41.2. The number of nitrogens with one attached hydrogen (secondary N) is 1. The van der Waals surface area contributed by atoms with Gasteiger partial charge in [-0.25, -0.2) is 0 Å². The summed E-state index contributed by atoms with van der Waals surface area (Å²) in [6.45, 7) is 3.59. The SMILES string of the molecule is CCCCCCCCCCCCCCCCCC(=O)OC[C@H](COP(=O)([O-])OCC[N+](C)(C)C)OC(=O)CCNC(=O)Cc1ccc2cc(OC)ccc2c1C. The smallest absolute Gasteiger partial charge is 0.308 e. The van der Waals surface area contributed by atoms with Gasteiger partial charge in [0.2, 0.25) is 5.91 Å². The van der Waals surface area contributed by atoms with Crippen LogP contribution in [-0.4, -0.2) is 89.6 Å². The van der Waals surface area contributed by atoms with Crippen molar-refractivity contribution in [3.63, 3.8) is 0 Å². The van der Waals surface area contributed by atoms with Gasteiger partial charge in [0.05, 0.1) is 47.7 Å². The van der Waals surface area contributed by atoms with Crippen molar-refractivity contribution in [3.8, 4) is 5.75 Å². The number of hydrogen-bond acceptors (Lipinski definition) is 10. The third kappa shape index (κ3) is 22.7. The Bertz CT molecular complexity index is 1500. The second kappa shape index (κ2) is 27.6. The van der Waals surface area contributed by atoms with Crippen molar-refractivity contribution in [2.45, 2.75) is 136 Å². The molecule has 0 aromatic heterocycles. The van der Waals surface area contributed by atoms with Crippen LogP contribution in [0.4, 0.5) is 0 Å². The summed E-state index contributed by atoms with van der Waals surface area (Å²) in [6.07, 6.45) is 17.3. The van der Waals surface area contributed by atoms with Gasteiger partial charge in [-0.2, -0.15) is 0 Å². The first-order chi connectivity index (χ1) is 26.7. The lowest BCUT2D eigenvalue weighted by Gasteiger charge is -2.28. The van der Waals surface area contributed by atoms with E-state index >= 15 is 0 Å². The van der Waals surface area contributed by atoms with E-state index in [9.17, 15) is 23.8 Å². The molecule has 13 heteroatoms. The standard InChI is InChI=1S/C43H71N2O10P/c1-7-8-9-10-11-12-13-14-15-16-17-18-19-20-21-22-42(47)52-33-39(34-54-56(49,50)53-30-29-45(3,4)5)55-43(48)27-28-44-41(46)32-36-23-24-37-31-38(51-6)25-26-40(37)35(36)2/h23-26,31,39H,7-22,27-30,32-34H2,1-6H3,(H-,44,46,49,50)/t39-/m1/s1. The molecule has 0 radical (unpaired) electrons. The van der Waals surface area contributed by atoms with Crippen LogP contribution in [0, 0.1) is 6.92 Å². The maximum atomic E-state index is 12.8. The summed E-state index contributed by atoms with van der Waals surface area (Å²) >= 11 is 0. The number of phosphoric acid groups is 1. The number of ether oxygens (including phenoxy) is 3. The zero-order valence-corrected chi connectivity index (χ0v) is 36.1. The highest BCUT2D eigenvalue weighted by Gasteiger charge is 2.22. The number of fused-ring (bicyclic) bond motifs is 1. The first-order valence-electron chi connectivity index (χ1n) is 20.8. The van der Waals surface area contributed by atoms with Gasteiger partial charge in [0.15, 0.2) is 6.10 Å². The van der Waals surface area contributed by atoms with Gasteiger partial charge in [0.1, 0.15) is 25.5 Å². The van der Waals surface area contributed by atoms with E-state index in [2.05, 4.69) is 12.2 Å². The third-order valence-electron chi connectivity index (χ3n) is 9.75. The number of rotatable bonds is 32. The van der Waals surface area contributed by atoms with E-state index in [1.807, 2.05) is 58.4 Å². The van der Waals surface area contributed by atoms with Crippen molar-refractivity contribution in [1.82, 2.24) is 5.32 Å². The fraction of sp³-hybridized carbons (Fsp3) is 0.698. The molecule has 2 aromatic rings. The molecule has 0 aliphatic carbocycles. The van der Waals surface area contributed by atoms with Crippen molar-refractivity contribution >= 4 is 36.4 Å². The Morgan fingerprint density at radius 3 is 1.98 bits per heavy atom. The average Bonchev–Trinajstić information content (AvgIpc) is 3.14. The second-order valence-corrected chi connectivity index (χ2v) is 17.2. The summed E-state index contributed by atoms with van der Waals surface area (Å²) in [7, 11) is 2.59. The maximum absolute atomic E-state index is 12.8.